The fourth-order valence-electron chi connectivity index (χ4n) is 2.67. The van der Waals surface area contributed by atoms with Crippen molar-refractivity contribution in [3.05, 3.63) is 28.1 Å². The average molecular weight is 200 g/mol. The Balaban J connectivity index is 2.69. The third-order valence-electron chi connectivity index (χ3n) is 3.41. The number of hydrogen-bond acceptors (Lipinski definition) is 2. The van der Waals surface area contributed by atoms with Crippen molar-refractivity contribution in [2.24, 2.45) is 0 Å². The van der Waals surface area contributed by atoms with Crippen molar-refractivity contribution in [2.45, 2.75) is 46.0 Å². The molecule has 1 aromatic heterocycles. The van der Waals surface area contributed by atoms with Crippen LogP contribution in [0.5, 0.6) is 0 Å². The van der Waals surface area contributed by atoms with Gasteiger partial charge in [0.25, 0.3) is 0 Å². The largest absolute Gasteiger partial charge is 0.256 e. The van der Waals surface area contributed by atoms with Gasteiger partial charge in [-0.1, -0.05) is 6.92 Å². The van der Waals surface area contributed by atoms with Gasteiger partial charge in [0, 0.05) is 5.69 Å². The zero-order valence-corrected chi connectivity index (χ0v) is 9.59. The zero-order valence-electron chi connectivity index (χ0n) is 9.59. The van der Waals surface area contributed by atoms with Gasteiger partial charge in [-0.15, -0.1) is 0 Å². The Bertz CT molecular complexity index is 441. The Morgan fingerprint density at radius 1 is 1.40 bits per heavy atom. The van der Waals surface area contributed by atoms with Crippen LogP contribution in [0.3, 0.4) is 0 Å². The molecule has 1 aliphatic carbocycles. The third kappa shape index (κ3) is 1.52. The first kappa shape index (κ1) is 10.2. The van der Waals surface area contributed by atoms with Gasteiger partial charge in [-0.25, -0.2) is 0 Å². The van der Waals surface area contributed by atoms with Crippen LogP contribution in [0.1, 0.15) is 53.8 Å². The number of nitrogens with zero attached hydrogens (tertiary/aromatic N) is 2. The van der Waals surface area contributed by atoms with E-state index in [0.717, 1.165) is 23.2 Å². The molecule has 0 amide bonds. The maximum atomic E-state index is 9.10. The van der Waals surface area contributed by atoms with E-state index in [1.165, 1.54) is 24.1 Å². The van der Waals surface area contributed by atoms with E-state index in [9.17, 15) is 0 Å². The van der Waals surface area contributed by atoms with Crippen LogP contribution >= 0.6 is 0 Å². The maximum absolute atomic E-state index is 9.10. The molecule has 1 heterocycles. The molecule has 1 aromatic rings. The molecule has 0 radical (unpaired) electrons. The Morgan fingerprint density at radius 3 is 2.80 bits per heavy atom. The molecule has 0 saturated carbocycles. The van der Waals surface area contributed by atoms with Crippen LogP contribution < -0.4 is 0 Å². The summed E-state index contributed by atoms with van der Waals surface area (Å²) in [6, 6.07) is 2.27. The van der Waals surface area contributed by atoms with Gasteiger partial charge in [-0.05, 0) is 50.2 Å². The molecule has 0 spiro atoms. The Hall–Kier alpha value is -1.36. The number of hydrogen-bond donors (Lipinski definition) is 0. The highest BCUT2D eigenvalue weighted by Crippen LogP contribution is 2.34. The smallest absolute Gasteiger partial charge is 0.101 e. The van der Waals surface area contributed by atoms with E-state index < -0.39 is 0 Å². The fourth-order valence-corrected chi connectivity index (χ4v) is 2.67. The van der Waals surface area contributed by atoms with Crippen LogP contribution in [0.15, 0.2) is 0 Å². The Labute approximate surface area is 91.0 Å². The van der Waals surface area contributed by atoms with E-state index in [1.807, 2.05) is 6.92 Å². The summed E-state index contributed by atoms with van der Waals surface area (Å²) in [7, 11) is 0. The molecule has 2 heteroatoms. The number of pyridine rings is 1. The molecule has 0 aromatic carbocycles. The minimum absolute atomic E-state index is 0.564. The van der Waals surface area contributed by atoms with Crippen molar-refractivity contribution in [1.29, 1.82) is 5.26 Å². The minimum Gasteiger partial charge on any atom is -0.256 e. The molecule has 0 fully saturated rings. The molecule has 1 aliphatic rings. The van der Waals surface area contributed by atoms with Crippen LogP contribution in [0, 0.1) is 25.2 Å². The van der Waals surface area contributed by atoms with Crippen LogP contribution in [0.4, 0.5) is 0 Å². The second kappa shape index (κ2) is 3.66. The maximum Gasteiger partial charge on any atom is 0.101 e. The molecule has 15 heavy (non-hydrogen) atoms. The van der Waals surface area contributed by atoms with E-state index >= 15 is 0 Å². The summed E-state index contributed by atoms with van der Waals surface area (Å²) < 4.78 is 0. The predicted molar refractivity (Wildman–Crippen MR) is 59.8 cm³/mol. The minimum atomic E-state index is 0.564. The molecule has 78 valence electrons. The summed E-state index contributed by atoms with van der Waals surface area (Å²) in [5, 5.41) is 9.10. The number of fused-ring (bicyclic) bond motifs is 1. The molecule has 1 atom stereocenters. The molecule has 1 unspecified atom stereocenters. The lowest BCUT2D eigenvalue weighted by Crippen LogP contribution is -2.13. The van der Waals surface area contributed by atoms with E-state index in [0.29, 0.717) is 5.92 Å². The van der Waals surface area contributed by atoms with Gasteiger partial charge in [-0.2, -0.15) is 5.26 Å². The summed E-state index contributed by atoms with van der Waals surface area (Å²) in [6.45, 7) is 6.24. The lowest BCUT2D eigenvalue weighted by molar-refractivity contribution is 0.573. The first-order valence-corrected chi connectivity index (χ1v) is 5.55. The quantitative estimate of drug-likeness (QED) is 0.645. The van der Waals surface area contributed by atoms with Gasteiger partial charge in [-0.3, -0.25) is 4.98 Å². The van der Waals surface area contributed by atoms with Gasteiger partial charge < -0.3 is 0 Å². The highest BCUT2D eigenvalue weighted by Gasteiger charge is 2.22. The highest BCUT2D eigenvalue weighted by molar-refractivity contribution is 5.48. The molecule has 0 bridgehead atoms. The molecule has 2 rings (SSSR count). The van der Waals surface area contributed by atoms with Gasteiger partial charge in [0.2, 0.25) is 0 Å². The summed E-state index contributed by atoms with van der Waals surface area (Å²) >= 11 is 0. The first-order valence-electron chi connectivity index (χ1n) is 5.55. The third-order valence-corrected chi connectivity index (χ3v) is 3.41. The monoisotopic (exact) mass is 200 g/mol. The topological polar surface area (TPSA) is 36.7 Å². The predicted octanol–water partition coefficient (Wildman–Crippen LogP) is 3.01. The molecule has 2 nitrogen and oxygen atoms in total. The van der Waals surface area contributed by atoms with Crippen molar-refractivity contribution in [3.8, 4) is 6.07 Å². The van der Waals surface area contributed by atoms with Crippen molar-refractivity contribution < 1.29 is 0 Å². The molecular formula is C13H16N2. The van der Waals surface area contributed by atoms with Crippen LogP contribution in [0.2, 0.25) is 0 Å². The first-order chi connectivity index (χ1) is 7.15. The molecule has 0 N–H and O–H groups in total. The summed E-state index contributed by atoms with van der Waals surface area (Å²) in [4.78, 5) is 4.57. The lowest BCUT2D eigenvalue weighted by Gasteiger charge is -2.24. The second-order valence-electron chi connectivity index (χ2n) is 4.46. The highest BCUT2D eigenvalue weighted by atomic mass is 14.7. The molecular weight excluding hydrogens is 184 g/mol. The standard InChI is InChI=1S/C13H16N2/c1-8-5-4-6-12-13(8)9(2)11(7-14)10(3)15-12/h8H,4-6H2,1-3H3. The average Bonchev–Trinajstić information content (AvgIpc) is 2.17. The molecule has 0 saturated heterocycles. The molecule has 0 aliphatic heterocycles. The number of aromatic nitrogens is 1. The van der Waals surface area contributed by atoms with Gasteiger partial charge in [0.15, 0.2) is 0 Å². The van der Waals surface area contributed by atoms with E-state index in [2.05, 4.69) is 24.9 Å². The number of aryl methyl sites for hydroxylation is 2. The van der Waals surface area contributed by atoms with Crippen LogP contribution in [0.25, 0.3) is 0 Å². The summed E-state index contributed by atoms with van der Waals surface area (Å²) in [5.41, 5.74) is 5.39. The van der Waals surface area contributed by atoms with Gasteiger partial charge in [0.05, 0.1) is 11.3 Å². The number of nitriles is 1. The van der Waals surface area contributed by atoms with Crippen molar-refractivity contribution >= 4 is 0 Å². The van der Waals surface area contributed by atoms with Crippen LogP contribution in [-0.4, -0.2) is 4.98 Å². The van der Waals surface area contributed by atoms with Crippen molar-refractivity contribution in [2.75, 3.05) is 0 Å². The Kier molecular flexibility index (Phi) is 2.48. The van der Waals surface area contributed by atoms with Crippen LogP contribution in [-0.2, 0) is 6.42 Å². The van der Waals surface area contributed by atoms with E-state index in [-0.39, 0.29) is 0 Å². The lowest BCUT2D eigenvalue weighted by atomic mass is 9.83. The summed E-state index contributed by atoms with van der Waals surface area (Å²) in [6.07, 6.45) is 3.53. The van der Waals surface area contributed by atoms with Crippen molar-refractivity contribution in [3.63, 3.8) is 0 Å². The summed E-state index contributed by atoms with van der Waals surface area (Å²) in [5.74, 6) is 0.564. The van der Waals surface area contributed by atoms with Crippen molar-refractivity contribution in [1.82, 2.24) is 4.98 Å². The zero-order chi connectivity index (χ0) is 11.0. The van der Waals surface area contributed by atoms with Gasteiger partial charge in [0.1, 0.15) is 6.07 Å². The second-order valence-corrected chi connectivity index (χ2v) is 4.46. The number of rotatable bonds is 0. The normalized spacial score (nSPS) is 19.5. The van der Waals surface area contributed by atoms with E-state index in [1.54, 1.807) is 0 Å². The SMILES string of the molecule is Cc1nc2c(c(C)c1C#N)C(C)CCC2. The Morgan fingerprint density at radius 2 is 2.13 bits per heavy atom. The van der Waals surface area contributed by atoms with Gasteiger partial charge >= 0.3 is 0 Å². The fraction of sp³-hybridized carbons (Fsp3) is 0.538. The van der Waals surface area contributed by atoms with E-state index in [4.69, 9.17) is 5.26 Å².